The summed E-state index contributed by atoms with van der Waals surface area (Å²) in [5, 5.41) is 5.17. The maximum Gasteiger partial charge on any atom is 0.319 e. The SMILES string of the molecule is CCCNC(=O)Nc1ccc(C#CCN)c(F)c1. The lowest BCUT2D eigenvalue weighted by Crippen LogP contribution is -2.29. The number of amides is 2. The normalized spacial score (nSPS) is 9.28. The van der Waals surface area contributed by atoms with Gasteiger partial charge in [-0.2, -0.15) is 0 Å². The van der Waals surface area contributed by atoms with E-state index < -0.39 is 5.82 Å². The number of urea groups is 1. The molecule has 0 bridgehead atoms. The Labute approximate surface area is 106 Å². The summed E-state index contributed by atoms with van der Waals surface area (Å²) in [7, 11) is 0. The fraction of sp³-hybridized carbons (Fsp3) is 0.308. The number of hydrogen-bond donors (Lipinski definition) is 3. The second kappa shape index (κ2) is 7.30. The number of hydrogen-bond acceptors (Lipinski definition) is 2. The average molecular weight is 249 g/mol. The number of carbonyl (C=O) groups excluding carboxylic acids is 1. The van der Waals surface area contributed by atoms with Crippen LogP contribution in [0.1, 0.15) is 18.9 Å². The smallest absolute Gasteiger partial charge is 0.319 e. The Hall–Kier alpha value is -2.06. The van der Waals surface area contributed by atoms with Crippen molar-refractivity contribution >= 4 is 11.7 Å². The summed E-state index contributed by atoms with van der Waals surface area (Å²) >= 11 is 0. The summed E-state index contributed by atoms with van der Waals surface area (Å²) < 4.78 is 13.6. The van der Waals surface area contributed by atoms with E-state index in [4.69, 9.17) is 5.73 Å². The quantitative estimate of drug-likeness (QED) is 0.713. The first-order valence-electron chi connectivity index (χ1n) is 5.70. The van der Waals surface area contributed by atoms with Crippen molar-refractivity contribution < 1.29 is 9.18 Å². The molecule has 0 fully saturated rings. The number of carbonyl (C=O) groups is 1. The Morgan fingerprint density at radius 2 is 2.28 bits per heavy atom. The monoisotopic (exact) mass is 249 g/mol. The third-order valence-electron chi connectivity index (χ3n) is 2.09. The van der Waals surface area contributed by atoms with Crippen molar-refractivity contribution in [3.8, 4) is 11.8 Å². The van der Waals surface area contributed by atoms with Gasteiger partial charge in [0.2, 0.25) is 0 Å². The molecular weight excluding hydrogens is 233 g/mol. The molecule has 0 saturated heterocycles. The Morgan fingerprint density at radius 1 is 1.50 bits per heavy atom. The van der Waals surface area contributed by atoms with Crippen LogP contribution in [0.5, 0.6) is 0 Å². The first-order chi connectivity index (χ1) is 8.67. The predicted molar refractivity (Wildman–Crippen MR) is 69.6 cm³/mol. The van der Waals surface area contributed by atoms with Crippen LogP contribution in [0.25, 0.3) is 0 Å². The predicted octanol–water partition coefficient (Wildman–Crippen LogP) is 1.67. The van der Waals surface area contributed by atoms with Gasteiger partial charge in [0, 0.05) is 12.2 Å². The van der Waals surface area contributed by atoms with E-state index in [1.807, 2.05) is 6.92 Å². The molecule has 0 aliphatic heterocycles. The molecule has 1 rings (SSSR count). The third kappa shape index (κ3) is 4.44. The van der Waals surface area contributed by atoms with Gasteiger partial charge in [0.1, 0.15) is 5.82 Å². The number of nitrogens with two attached hydrogens (primary N) is 1. The zero-order valence-electron chi connectivity index (χ0n) is 10.2. The molecule has 1 aromatic carbocycles. The molecule has 4 N–H and O–H groups in total. The Bertz CT molecular complexity index is 477. The van der Waals surface area contributed by atoms with Crippen LogP contribution in [0.15, 0.2) is 18.2 Å². The van der Waals surface area contributed by atoms with E-state index in [-0.39, 0.29) is 18.1 Å². The van der Waals surface area contributed by atoms with Crippen LogP contribution >= 0.6 is 0 Å². The third-order valence-corrected chi connectivity index (χ3v) is 2.09. The van der Waals surface area contributed by atoms with Crippen molar-refractivity contribution in [1.82, 2.24) is 5.32 Å². The van der Waals surface area contributed by atoms with Crippen LogP contribution in [0.2, 0.25) is 0 Å². The van der Waals surface area contributed by atoms with Crippen molar-refractivity contribution in [2.45, 2.75) is 13.3 Å². The number of rotatable bonds is 3. The second-order valence-corrected chi connectivity index (χ2v) is 3.58. The molecule has 5 heteroatoms. The Balaban J connectivity index is 2.69. The zero-order chi connectivity index (χ0) is 13.4. The van der Waals surface area contributed by atoms with E-state index in [0.29, 0.717) is 12.2 Å². The fourth-order valence-electron chi connectivity index (χ4n) is 1.25. The van der Waals surface area contributed by atoms with E-state index in [1.54, 1.807) is 6.07 Å². The highest BCUT2D eigenvalue weighted by Gasteiger charge is 2.04. The number of anilines is 1. The molecule has 0 radical (unpaired) electrons. The van der Waals surface area contributed by atoms with Crippen LogP contribution in [-0.2, 0) is 0 Å². The van der Waals surface area contributed by atoms with E-state index in [9.17, 15) is 9.18 Å². The largest absolute Gasteiger partial charge is 0.338 e. The summed E-state index contributed by atoms with van der Waals surface area (Å²) in [6, 6.07) is 3.98. The highest BCUT2D eigenvalue weighted by molar-refractivity contribution is 5.89. The van der Waals surface area contributed by atoms with Crippen molar-refractivity contribution in [2.75, 3.05) is 18.4 Å². The Kier molecular flexibility index (Phi) is 5.68. The van der Waals surface area contributed by atoms with Crippen LogP contribution < -0.4 is 16.4 Å². The van der Waals surface area contributed by atoms with Gasteiger partial charge in [0.05, 0.1) is 12.1 Å². The molecule has 0 unspecified atom stereocenters. The zero-order valence-corrected chi connectivity index (χ0v) is 10.2. The summed E-state index contributed by atoms with van der Waals surface area (Å²) in [6.07, 6.45) is 0.843. The van der Waals surface area contributed by atoms with Crippen molar-refractivity contribution in [3.63, 3.8) is 0 Å². The van der Waals surface area contributed by atoms with Gasteiger partial charge >= 0.3 is 6.03 Å². The average Bonchev–Trinajstić information content (AvgIpc) is 2.35. The van der Waals surface area contributed by atoms with Gasteiger partial charge in [-0.1, -0.05) is 18.8 Å². The lowest BCUT2D eigenvalue weighted by Gasteiger charge is -2.07. The van der Waals surface area contributed by atoms with E-state index in [1.165, 1.54) is 12.1 Å². The van der Waals surface area contributed by atoms with Gasteiger partial charge in [-0.3, -0.25) is 0 Å². The fourth-order valence-corrected chi connectivity index (χ4v) is 1.25. The van der Waals surface area contributed by atoms with Gasteiger partial charge in [0.25, 0.3) is 0 Å². The lowest BCUT2D eigenvalue weighted by molar-refractivity contribution is 0.252. The molecule has 0 aliphatic carbocycles. The van der Waals surface area contributed by atoms with E-state index in [0.717, 1.165) is 6.42 Å². The first kappa shape index (κ1) is 14.0. The molecule has 1 aromatic rings. The number of nitrogens with one attached hydrogen (secondary N) is 2. The van der Waals surface area contributed by atoms with Crippen molar-refractivity contribution in [2.24, 2.45) is 5.73 Å². The topological polar surface area (TPSA) is 67.2 Å². The summed E-state index contributed by atoms with van der Waals surface area (Å²) in [5.74, 6) is 4.70. The van der Waals surface area contributed by atoms with Crippen LogP contribution in [0.3, 0.4) is 0 Å². The van der Waals surface area contributed by atoms with Gasteiger partial charge in [0.15, 0.2) is 0 Å². The van der Waals surface area contributed by atoms with Gasteiger partial charge in [-0.05, 0) is 24.6 Å². The summed E-state index contributed by atoms with van der Waals surface area (Å²) in [6.45, 7) is 2.71. The molecule has 0 spiro atoms. The highest BCUT2D eigenvalue weighted by atomic mass is 19.1. The molecule has 0 atom stereocenters. The maximum absolute atomic E-state index is 13.6. The van der Waals surface area contributed by atoms with Gasteiger partial charge in [-0.25, -0.2) is 9.18 Å². The summed E-state index contributed by atoms with van der Waals surface area (Å²) in [4.78, 5) is 11.4. The van der Waals surface area contributed by atoms with Crippen LogP contribution in [-0.4, -0.2) is 19.1 Å². The molecule has 0 aromatic heterocycles. The van der Waals surface area contributed by atoms with Gasteiger partial charge in [-0.15, -0.1) is 0 Å². The molecule has 18 heavy (non-hydrogen) atoms. The van der Waals surface area contributed by atoms with Crippen molar-refractivity contribution in [1.29, 1.82) is 0 Å². The van der Waals surface area contributed by atoms with E-state index in [2.05, 4.69) is 22.5 Å². The molecule has 96 valence electrons. The number of benzene rings is 1. The molecule has 2 amide bonds. The van der Waals surface area contributed by atoms with Crippen molar-refractivity contribution in [3.05, 3.63) is 29.6 Å². The standard InChI is InChI=1S/C13H16FN3O/c1-2-8-16-13(18)17-11-6-5-10(4-3-7-15)12(14)9-11/h5-6,9H,2,7-8,15H2,1H3,(H2,16,17,18). The number of halogens is 1. The summed E-state index contributed by atoms with van der Waals surface area (Å²) in [5.41, 5.74) is 5.86. The lowest BCUT2D eigenvalue weighted by atomic mass is 10.2. The molecule has 0 aliphatic rings. The van der Waals surface area contributed by atoms with Gasteiger partial charge < -0.3 is 16.4 Å². The van der Waals surface area contributed by atoms with Crippen LogP contribution in [0, 0.1) is 17.7 Å². The van der Waals surface area contributed by atoms with Crippen LogP contribution in [0.4, 0.5) is 14.9 Å². The minimum atomic E-state index is -0.482. The maximum atomic E-state index is 13.6. The molecule has 4 nitrogen and oxygen atoms in total. The molecule has 0 heterocycles. The van der Waals surface area contributed by atoms with E-state index >= 15 is 0 Å². The first-order valence-corrected chi connectivity index (χ1v) is 5.70. The highest BCUT2D eigenvalue weighted by Crippen LogP contribution is 2.13. The molecule has 0 saturated carbocycles. The minimum absolute atomic E-state index is 0.179. The molecular formula is C13H16FN3O. The second-order valence-electron chi connectivity index (χ2n) is 3.58. The minimum Gasteiger partial charge on any atom is -0.338 e. The Morgan fingerprint density at radius 3 is 2.89 bits per heavy atom.